The number of rotatable bonds is 4. The van der Waals surface area contributed by atoms with Crippen LogP contribution < -0.4 is 5.73 Å². The van der Waals surface area contributed by atoms with Gasteiger partial charge in [-0.05, 0) is 13.0 Å². The fraction of sp³-hybridized carbons (Fsp3) is 0.714. The molecule has 0 aliphatic rings. The topological polar surface area (TPSA) is 64.9 Å². The van der Waals surface area contributed by atoms with Gasteiger partial charge in [0.05, 0.1) is 0 Å². The number of aryl methyl sites for hydroxylation is 2. The average molecular weight is 155 g/mol. The second-order valence-corrected chi connectivity index (χ2v) is 2.34. The molecule has 0 radical (unpaired) electrons. The first-order valence-corrected chi connectivity index (χ1v) is 3.88. The number of hydrogen-bond donors (Lipinski definition) is 1. The molecule has 4 heteroatoms. The average Bonchev–Trinajstić information content (AvgIpc) is 2.48. The van der Waals surface area contributed by atoms with E-state index in [2.05, 4.69) is 10.2 Å². The zero-order chi connectivity index (χ0) is 8.10. The Kier molecular flexibility index (Phi) is 3.04. The van der Waals surface area contributed by atoms with E-state index in [1.807, 2.05) is 6.92 Å². The number of nitrogens with zero attached hydrogens (tertiary/aromatic N) is 2. The predicted molar refractivity (Wildman–Crippen MR) is 41.1 cm³/mol. The van der Waals surface area contributed by atoms with Crippen LogP contribution in [0.5, 0.6) is 0 Å². The van der Waals surface area contributed by atoms with Gasteiger partial charge in [-0.25, -0.2) is 0 Å². The Bertz CT molecular complexity index is 209. The molecule has 2 N–H and O–H groups in total. The largest absolute Gasteiger partial charge is 0.425 e. The molecule has 0 aliphatic heterocycles. The fourth-order valence-electron chi connectivity index (χ4n) is 0.786. The number of nitrogens with two attached hydrogens (primary N) is 1. The maximum absolute atomic E-state index is 5.33. The zero-order valence-electron chi connectivity index (χ0n) is 6.71. The molecule has 0 bridgehead atoms. The van der Waals surface area contributed by atoms with Gasteiger partial charge in [0.15, 0.2) is 0 Å². The Labute approximate surface area is 65.8 Å². The summed E-state index contributed by atoms with van der Waals surface area (Å²) in [5.41, 5.74) is 5.33. The minimum atomic E-state index is 0.670. The molecule has 0 unspecified atom stereocenters. The van der Waals surface area contributed by atoms with E-state index in [4.69, 9.17) is 10.2 Å². The summed E-state index contributed by atoms with van der Waals surface area (Å²) in [4.78, 5) is 0. The molecule has 0 atom stereocenters. The van der Waals surface area contributed by atoms with Crippen LogP contribution in [-0.2, 0) is 12.8 Å². The van der Waals surface area contributed by atoms with Gasteiger partial charge in [-0.2, -0.15) is 0 Å². The lowest BCUT2D eigenvalue weighted by Crippen LogP contribution is -2.00. The van der Waals surface area contributed by atoms with E-state index in [1.165, 1.54) is 0 Å². The SMILES string of the molecule is CCc1nnc(CCCN)o1. The van der Waals surface area contributed by atoms with Crippen molar-refractivity contribution in [1.82, 2.24) is 10.2 Å². The molecule has 0 spiro atoms. The summed E-state index contributed by atoms with van der Waals surface area (Å²) in [7, 11) is 0. The van der Waals surface area contributed by atoms with E-state index in [0.717, 1.165) is 19.3 Å². The van der Waals surface area contributed by atoms with Gasteiger partial charge in [0.1, 0.15) is 0 Å². The molecule has 0 amide bonds. The van der Waals surface area contributed by atoms with Gasteiger partial charge < -0.3 is 10.2 Å². The summed E-state index contributed by atoms with van der Waals surface area (Å²) in [6.07, 6.45) is 2.50. The van der Waals surface area contributed by atoms with Crippen molar-refractivity contribution >= 4 is 0 Å². The van der Waals surface area contributed by atoms with Crippen LogP contribution in [0.4, 0.5) is 0 Å². The van der Waals surface area contributed by atoms with E-state index in [-0.39, 0.29) is 0 Å². The lowest BCUT2D eigenvalue weighted by molar-refractivity contribution is 0.449. The summed E-state index contributed by atoms with van der Waals surface area (Å²) in [6.45, 7) is 2.66. The zero-order valence-corrected chi connectivity index (χ0v) is 6.71. The highest BCUT2D eigenvalue weighted by atomic mass is 16.4. The molecule has 1 rings (SSSR count). The van der Waals surface area contributed by atoms with Crippen molar-refractivity contribution in [3.05, 3.63) is 11.8 Å². The fourth-order valence-corrected chi connectivity index (χ4v) is 0.786. The van der Waals surface area contributed by atoms with Gasteiger partial charge in [-0.15, -0.1) is 10.2 Å². The van der Waals surface area contributed by atoms with Crippen molar-refractivity contribution in [2.75, 3.05) is 6.54 Å². The minimum absolute atomic E-state index is 0.670. The molecule has 1 aromatic rings. The van der Waals surface area contributed by atoms with Gasteiger partial charge in [0.25, 0.3) is 0 Å². The Balaban J connectivity index is 2.44. The van der Waals surface area contributed by atoms with Crippen molar-refractivity contribution in [1.29, 1.82) is 0 Å². The molecule has 1 aromatic heterocycles. The summed E-state index contributed by atoms with van der Waals surface area (Å²) in [5, 5.41) is 7.68. The number of hydrogen-bond acceptors (Lipinski definition) is 4. The molecule has 0 aliphatic carbocycles. The third-order valence-corrected chi connectivity index (χ3v) is 1.41. The standard InChI is InChI=1S/C7H13N3O/c1-2-6-9-10-7(11-6)4-3-5-8/h2-5,8H2,1H3. The van der Waals surface area contributed by atoms with Crippen LogP contribution >= 0.6 is 0 Å². The second-order valence-electron chi connectivity index (χ2n) is 2.34. The van der Waals surface area contributed by atoms with Crippen LogP contribution in [0.1, 0.15) is 25.1 Å². The molecule has 0 fully saturated rings. The van der Waals surface area contributed by atoms with E-state index in [0.29, 0.717) is 18.3 Å². The van der Waals surface area contributed by atoms with Crippen LogP contribution in [-0.4, -0.2) is 16.7 Å². The molecule has 11 heavy (non-hydrogen) atoms. The van der Waals surface area contributed by atoms with Crippen molar-refractivity contribution in [2.45, 2.75) is 26.2 Å². The van der Waals surface area contributed by atoms with Gasteiger partial charge in [0, 0.05) is 12.8 Å². The normalized spacial score (nSPS) is 10.4. The first kappa shape index (κ1) is 8.20. The summed E-state index contributed by atoms with van der Waals surface area (Å²) >= 11 is 0. The maximum atomic E-state index is 5.33. The quantitative estimate of drug-likeness (QED) is 0.688. The highest BCUT2D eigenvalue weighted by molar-refractivity contribution is 4.81. The maximum Gasteiger partial charge on any atom is 0.216 e. The highest BCUT2D eigenvalue weighted by Gasteiger charge is 2.01. The van der Waals surface area contributed by atoms with Crippen molar-refractivity contribution in [3.63, 3.8) is 0 Å². The Morgan fingerprint density at radius 1 is 1.36 bits per heavy atom. The molecule has 4 nitrogen and oxygen atoms in total. The van der Waals surface area contributed by atoms with E-state index in [9.17, 15) is 0 Å². The Morgan fingerprint density at radius 2 is 2.09 bits per heavy atom. The van der Waals surface area contributed by atoms with E-state index >= 15 is 0 Å². The molecule has 0 saturated heterocycles. The molecule has 0 aromatic carbocycles. The molecular weight excluding hydrogens is 142 g/mol. The van der Waals surface area contributed by atoms with Crippen LogP contribution in [0, 0.1) is 0 Å². The highest BCUT2D eigenvalue weighted by Crippen LogP contribution is 2.01. The predicted octanol–water partition coefficient (Wildman–Crippen LogP) is 0.523. The Morgan fingerprint density at radius 3 is 2.64 bits per heavy atom. The molecular formula is C7H13N3O. The molecule has 62 valence electrons. The van der Waals surface area contributed by atoms with Crippen LogP contribution in [0.15, 0.2) is 4.42 Å². The van der Waals surface area contributed by atoms with Gasteiger partial charge in [-0.3, -0.25) is 0 Å². The van der Waals surface area contributed by atoms with E-state index < -0.39 is 0 Å². The summed E-state index contributed by atoms with van der Waals surface area (Å²) in [5.74, 6) is 1.41. The third kappa shape index (κ3) is 2.31. The second kappa shape index (κ2) is 4.08. The number of aromatic nitrogens is 2. The van der Waals surface area contributed by atoms with Gasteiger partial charge >= 0.3 is 0 Å². The van der Waals surface area contributed by atoms with Crippen LogP contribution in [0.25, 0.3) is 0 Å². The first-order chi connectivity index (χ1) is 5.36. The summed E-state index contributed by atoms with van der Waals surface area (Å²) < 4.78 is 5.26. The van der Waals surface area contributed by atoms with Crippen molar-refractivity contribution in [3.8, 4) is 0 Å². The van der Waals surface area contributed by atoms with Gasteiger partial charge in [-0.1, -0.05) is 6.92 Å². The summed E-state index contributed by atoms with van der Waals surface area (Å²) in [6, 6.07) is 0. The first-order valence-electron chi connectivity index (χ1n) is 3.88. The molecule has 1 heterocycles. The molecule has 0 saturated carbocycles. The van der Waals surface area contributed by atoms with Crippen LogP contribution in [0.3, 0.4) is 0 Å². The lowest BCUT2D eigenvalue weighted by atomic mass is 10.3. The van der Waals surface area contributed by atoms with Crippen LogP contribution in [0.2, 0.25) is 0 Å². The monoisotopic (exact) mass is 155 g/mol. The Hall–Kier alpha value is -0.900. The smallest absolute Gasteiger partial charge is 0.216 e. The van der Waals surface area contributed by atoms with Crippen molar-refractivity contribution in [2.24, 2.45) is 5.73 Å². The minimum Gasteiger partial charge on any atom is -0.425 e. The van der Waals surface area contributed by atoms with Crippen molar-refractivity contribution < 1.29 is 4.42 Å². The van der Waals surface area contributed by atoms with E-state index in [1.54, 1.807) is 0 Å². The van der Waals surface area contributed by atoms with Gasteiger partial charge in [0.2, 0.25) is 11.8 Å². The third-order valence-electron chi connectivity index (χ3n) is 1.41. The lowest BCUT2D eigenvalue weighted by Gasteiger charge is -1.89.